The fourth-order valence-corrected chi connectivity index (χ4v) is 5.07. The fourth-order valence-electron chi connectivity index (χ4n) is 5.07. The second-order valence-corrected chi connectivity index (χ2v) is 8.51. The van der Waals surface area contributed by atoms with Gasteiger partial charge in [0.1, 0.15) is 5.75 Å². The Balaban J connectivity index is 1.50. The third kappa shape index (κ3) is 3.46. The van der Waals surface area contributed by atoms with Gasteiger partial charge in [0.25, 0.3) is 11.5 Å². The van der Waals surface area contributed by atoms with Crippen LogP contribution in [0.5, 0.6) is 5.75 Å². The van der Waals surface area contributed by atoms with Crippen molar-refractivity contribution in [2.75, 3.05) is 20.2 Å². The van der Waals surface area contributed by atoms with Crippen LogP contribution in [-0.2, 0) is 6.54 Å². The maximum Gasteiger partial charge on any atom is 0.253 e. The summed E-state index contributed by atoms with van der Waals surface area (Å²) in [5.41, 5.74) is 4.21. The van der Waals surface area contributed by atoms with Crippen LogP contribution in [-0.4, -0.2) is 35.6 Å². The zero-order valence-electron chi connectivity index (χ0n) is 17.8. The van der Waals surface area contributed by atoms with Crippen molar-refractivity contribution >= 4 is 5.91 Å². The molecule has 2 aliphatic heterocycles. The molecule has 0 radical (unpaired) electrons. The van der Waals surface area contributed by atoms with Crippen LogP contribution in [0.3, 0.4) is 0 Å². The summed E-state index contributed by atoms with van der Waals surface area (Å²) in [6.07, 6.45) is 0.962. The topological polar surface area (TPSA) is 75.3 Å². The number of benzene rings is 2. The van der Waals surface area contributed by atoms with Crippen molar-refractivity contribution in [2.45, 2.75) is 18.9 Å². The summed E-state index contributed by atoms with van der Waals surface area (Å²) in [6.45, 7) is 1.82. The molecule has 32 heavy (non-hydrogen) atoms. The number of hydrogen-bond donors (Lipinski definition) is 0. The number of nitrogens with zero attached hydrogens (tertiary/aromatic N) is 3. The molecule has 0 spiro atoms. The summed E-state index contributed by atoms with van der Waals surface area (Å²) in [5.74, 6) is 1.10. The highest BCUT2D eigenvalue weighted by Crippen LogP contribution is 2.40. The van der Waals surface area contributed by atoms with E-state index in [0.717, 1.165) is 29.0 Å². The van der Waals surface area contributed by atoms with Crippen molar-refractivity contribution in [3.63, 3.8) is 0 Å². The molecular weight excluding hydrogens is 402 g/mol. The predicted octanol–water partition coefficient (Wildman–Crippen LogP) is 3.66. The van der Waals surface area contributed by atoms with Gasteiger partial charge in [0.05, 0.1) is 18.7 Å². The average molecular weight is 425 g/mol. The fraction of sp³-hybridized carbons (Fsp3) is 0.269. The number of rotatable bonds is 3. The maximum absolute atomic E-state index is 13.2. The van der Waals surface area contributed by atoms with Crippen LogP contribution in [0.1, 0.15) is 34.0 Å². The Kier molecular flexibility index (Phi) is 5.02. The molecule has 3 aromatic rings. The van der Waals surface area contributed by atoms with Gasteiger partial charge in [-0.3, -0.25) is 9.59 Å². The molecule has 2 aromatic carbocycles. The van der Waals surface area contributed by atoms with Crippen molar-refractivity contribution in [1.82, 2.24) is 9.47 Å². The van der Waals surface area contributed by atoms with E-state index in [-0.39, 0.29) is 23.3 Å². The van der Waals surface area contributed by atoms with Gasteiger partial charge >= 0.3 is 0 Å². The number of ether oxygens (including phenoxy) is 1. The van der Waals surface area contributed by atoms with Crippen LogP contribution < -0.4 is 10.3 Å². The Morgan fingerprint density at radius 1 is 1.00 bits per heavy atom. The first-order valence-corrected chi connectivity index (χ1v) is 10.7. The lowest BCUT2D eigenvalue weighted by atomic mass is 9.80. The second-order valence-electron chi connectivity index (χ2n) is 8.51. The lowest BCUT2D eigenvalue weighted by Gasteiger charge is -2.43. The van der Waals surface area contributed by atoms with Gasteiger partial charge in [-0.2, -0.15) is 5.26 Å². The number of likely N-dealkylation sites (tertiary alicyclic amines) is 1. The lowest BCUT2D eigenvalue weighted by molar-refractivity contribution is 0.0595. The largest absolute Gasteiger partial charge is 0.497 e. The minimum absolute atomic E-state index is 0.0128. The highest BCUT2D eigenvalue weighted by molar-refractivity contribution is 5.94. The maximum atomic E-state index is 13.2. The van der Waals surface area contributed by atoms with Gasteiger partial charge in [0.15, 0.2) is 0 Å². The molecule has 2 atom stereocenters. The summed E-state index contributed by atoms with van der Waals surface area (Å²) in [4.78, 5) is 27.8. The summed E-state index contributed by atoms with van der Waals surface area (Å²) < 4.78 is 7.19. The van der Waals surface area contributed by atoms with E-state index in [1.807, 2.05) is 39.8 Å². The summed E-state index contributed by atoms with van der Waals surface area (Å²) in [5, 5.41) is 9.01. The molecule has 160 valence electrons. The third-order valence-corrected chi connectivity index (χ3v) is 6.54. The number of amides is 1. The van der Waals surface area contributed by atoms with Crippen LogP contribution >= 0.6 is 0 Å². The van der Waals surface area contributed by atoms with E-state index in [9.17, 15) is 9.59 Å². The minimum atomic E-state index is -0.0260. The number of nitriles is 1. The van der Waals surface area contributed by atoms with Gasteiger partial charge in [-0.15, -0.1) is 0 Å². The first kappa shape index (κ1) is 20.1. The van der Waals surface area contributed by atoms with Crippen molar-refractivity contribution < 1.29 is 9.53 Å². The van der Waals surface area contributed by atoms with E-state index in [0.29, 0.717) is 30.8 Å². The first-order valence-electron chi connectivity index (χ1n) is 10.7. The van der Waals surface area contributed by atoms with Crippen molar-refractivity contribution in [3.05, 3.63) is 87.8 Å². The molecule has 1 saturated heterocycles. The van der Waals surface area contributed by atoms with Crippen molar-refractivity contribution in [3.8, 4) is 22.9 Å². The van der Waals surface area contributed by atoms with Gasteiger partial charge in [0.2, 0.25) is 0 Å². The Hall–Kier alpha value is -3.85. The first-order chi connectivity index (χ1) is 15.6. The van der Waals surface area contributed by atoms with Crippen molar-refractivity contribution in [2.24, 2.45) is 5.92 Å². The van der Waals surface area contributed by atoms with Crippen LogP contribution in [0.25, 0.3) is 11.1 Å². The van der Waals surface area contributed by atoms with Crippen LogP contribution in [0.2, 0.25) is 0 Å². The molecule has 1 amide bonds. The number of piperidine rings is 1. The second kappa shape index (κ2) is 8.01. The molecule has 0 saturated carbocycles. The molecule has 0 aliphatic carbocycles. The van der Waals surface area contributed by atoms with E-state index in [1.54, 1.807) is 37.4 Å². The molecule has 1 fully saturated rings. The summed E-state index contributed by atoms with van der Waals surface area (Å²) in [7, 11) is 1.64. The standard InChI is InChI=1S/C26H23N3O3/c1-32-22-8-6-19(7-9-22)23-10-11-24(30)29-15-18-12-21(25(23)29)16-28(14-18)26(31)20-4-2-17(13-27)3-5-20/h2-11,18,21H,12,14-16H2,1H3/t18-,21+/m0/s1. The number of fused-ring (bicyclic) bond motifs is 4. The van der Waals surface area contributed by atoms with Gasteiger partial charge in [-0.05, 0) is 60.4 Å². The molecule has 6 nitrogen and oxygen atoms in total. The van der Waals surface area contributed by atoms with Gasteiger partial charge in [-0.25, -0.2) is 0 Å². The minimum Gasteiger partial charge on any atom is -0.497 e. The van der Waals surface area contributed by atoms with Crippen molar-refractivity contribution in [1.29, 1.82) is 5.26 Å². The SMILES string of the molecule is COc1ccc(-c2ccc(=O)n3c2[C@@H]2C[C@@H](CN(C(=O)c4ccc(C#N)cc4)C2)C3)cc1. The monoisotopic (exact) mass is 425 g/mol. The Bertz CT molecular complexity index is 1270. The molecule has 2 aliphatic rings. The highest BCUT2D eigenvalue weighted by Gasteiger charge is 2.38. The number of pyridine rings is 1. The Morgan fingerprint density at radius 3 is 2.44 bits per heavy atom. The van der Waals surface area contributed by atoms with E-state index < -0.39 is 0 Å². The Labute approximate surface area is 186 Å². The summed E-state index contributed by atoms with van der Waals surface area (Å²) >= 11 is 0. The average Bonchev–Trinajstić information content (AvgIpc) is 2.84. The third-order valence-electron chi connectivity index (χ3n) is 6.54. The van der Waals surface area contributed by atoms with Gasteiger partial charge in [-0.1, -0.05) is 12.1 Å². The van der Waals surface area contributed by atoms with E-state index in [4.69, 9.17) is 10.00 Å². The van der Waals surface area contributed by atoms with E-state index >= 15 is 0 Å². The van der Waals surface area contributed by atoms with Gasteiger partial charge < -0.3 is 14.2 Å². The number of carbonyl (C=O) groups is 1. The quantitative estimate of drug-likeness (QED) is 0.642. The molecule has 5 rings (SSSR count). The summed E-state index contributed by atoms with van der Waals surface area (Å²) in [6, 6.07) is 20.3. The zero-order chi connectivity index (χ0) is 22.2. The molecule has 1 aromatic heterocycles. The number of aromatic nitrogens is 1. The van der Waals surface area contributed by atoms with E-state index in [1.165, 1.54) is 0 Å². The molecule has 2 bridgehead atoms. The smallest absolute Gasteiger partial charge is 0.253 e. The zero-order valence-corrected chi connectivity index (χ0v) is 17.8. The molecule has 6 heteroatoms. The molecule has 0 N–H and O–H groups in total. The normalized spacial score (nSPS) is 19.1. The number of hydrogen-bond acceptors (Lipinski definition) is 4. The van der Waals surface area contributed by atoms with E-state index in [2.05, 4.69) is 6.07 Å². The van der Waals surface area contributed by atoms with Crippen LogP contribution in [0.15, 0.2) is 65.5 Å². The lowest BCUT2D eigenvalue weighted by Crippen LogP contribution is -2.49. The Morgan fingerprint density at radius 2 is 1.75 bits per heavy atom. The molecule has 3 heterocycles. The highest BCUT2D eigenvalue weighted by atomic mass is 16.5. The molecular formula is C26H23N3O3. The van der Waals surface area contributed by atoms with Gasteiger partial charge in [0, 0.05) is 48.4 Å². The molecule has 0 unspecified atom stereocenters. The van der Waals surface area contributed by atoms with Crippen LogP contribution in [0, 0.1) is 17.2 Å². The number of carbonyl (C=O) groups excluding carboxylic acids is 1. The predicted molar refractivity (Wildman–Crippen MR) is 121 cm³/mol. The number of methoxy groups -OCH3 is 1. The van der Waals surface area contributed by atoms with Crippen LogP contribution in [0.4, 0.5) is 0 Å².